The van der Waals surface area contributed by atoms with Crippen molar-refractivity contribution in [2.24, 2.45) is 0 Å². The summed E-state index contributed by atoms with van der Waals surface area (Å²) in [4.78, 5) is 14.4. The maximum Gasteiger partial charge on any atom is 0.256 e. The van der Waals surface area contributed by atoms with E-state index in [1.165, 1.54) is 0 Å². The molecule has 1 aliphatic rings. The van der Waals surface area contributed by atoms with E-state index in [-0.39, 0.29) is 11.4 Å². The van der Waals surface area contributed by atoms with Crippen LogP contribution in [0.3, 0.4) is 0 Å². The van der Waals surface area contributed by atoms with Gasteiger partial charge in [0.15, 0.2) is 0 Å². The van der Waals surface area contributed by atoms with Crippen molar-refractivity contribution in [1.82, 2.24) is 4.90 Å². The van der Waals surface area contributed by atoms with E-state index in [0.717, 1.165) is 24.9 Å². The first-order chi connectivity index (χ1) is 7.92. The lowest BCUT2D eigenvalue weighted by Gasteiger charge is -2.32. The van der Waals surface area contributed by atoms with Crippen molar-refractivity contribution in [2.45, 2.75) is 39.2 Å². The van der Waals surface area contributed by atoms with Crippen LogP contribution in [0.15, 0.2) is 18.2 Å². The number of aryl methyl sites for hydroxylation is 1. The standard InChI is InChI=1S/C14H20N2O/c1-10-5-6-12(15)11(9-10)13(17)16-8-4-7-14(16,2)3/h5-6,9H,4,7-8,15H2,1-3H3. The Morgan fingerprint density at radius 1 is 1.41 bits per heavy atom. The molecule has 0 aliphatic carbocycles. The molecule has 3 nitrogen and oxygen atoms in total. The summed E-state index contributed by atoms with van der Waals surface area (Å²) >= 11 is 0. The number of amides is 1. The second-order valence-corrected chi connectivity index (χ2v) is 5.46. The fraction of sp³-hybridized carbons (Fsp3) is 0.500. The number of carbonyl (C=O) groups is 1. The SMILES string of the molecule is Cc1ccc(N)c(C(=O)N2CCCC2(C)C)c1. The Morgan fingerprint density at radius 3 is 2.71 bits per heavy atom. The minimum Gasteiger partial charge on any atom is -0.398 e. The van der Waals surface area contributed by atoms with Gasteiger partial charge in [-0.25, -0.2) is 0 Å². The van der Waals surface area contributed by atoms with Gasteiger partial charge in [-0.3, -0.25) is 4.79 Å². The molecule has 1 amide bonds. The molecule has 1 aliphatic heterocycles. The molecule has 1 heterocycles. The van der Waals surface area contributed by atoms with Gasteiger partial charge in [0.1, 0.15) is 0 Å². The third-order valence-corrected chi connectivity index (χ3v) is 3.59. The van der Waals surface area contributed by atoms with Crippen molar-refractivity contribution in [2.75, 3.05) is 12.3 Å². The lowest BCUT2D eigenvalue weighted by atomic mass is 10.0. The summed E-state index contributed by atoms with van der Waals surface area (Å²) in [5.41, 5.74) is 8.13. The molecule has 92 valence electrons. The van der Waals surface area contributed by atoms with Crippen LogP contribution in [-0.2, 0) is 0 Å². The highest BCUT2D eigenvalue weighted by Crippen LogP contribution is 2.30. The molecule has 1 fully saturated rings. The maximum atomic E-state index is 12.5. The number of hydrogen-bond acceptors (Lipinski definition) is 2. The highest BCUT2D eigenvalue weighted by molar-refractivity contribution is 5.99. The number of hydrogen-bond donors (Lipinski definition) is 1. The molecule has 0 unspecified atom stereocenters. The van der Waals surface area contributed by atoms with Crippen molar-refractivity contribution < 1.29 is 4.79 Å². The van der Waals surface area contributed by atoms with Crippen LogP contribution >= 0.6 is 0 Å². The molecule has 1 aromatic carbocycles. The lowest BCUT2D eigenvalue weighted by Crippen LogP contribution is -2.42. The van der Waals surface area contributed by atoms with Crippen LogP contribution in [0.4, 0.5) is 5.69 Å². The molecular weight excluding hydrogens is 212 g/mol. The molecule has 0 bridgehead atoms. The molecule has 2 N–H and O–H groups in total. The first-order valence-corrected chi connectivity index (χ1v) is 6.10. The van der Waals surface area contributed by atoms with Gasteiger partial charge in [0, 0.05) is 17.8 Å². The van der Waals surface area contributed by atoms with Gasteiger partial charge in [0.25, 0.3) is 5.91 Å². The maximum absolute atomic E-state index is 12.5. The van der Waals surface area contributed by atoms with Crippen LogP contribution < -0.4 is 5.73 Å². The van der Waals surface area contributed by atoms with Crippen LogP contribution in [0.5, 0.6) is 0 Å². The topological polar surface area (TPSA) is 46.3 Å². The van der Waals surface area contributed by atoms with E-state index >= 15 is 0 Å². The number of carbonyl (C=O) groups excluding carboxylic acids is 1. The second kappa shape index (κ2) is 4.06. The predicted molar refractivity (Wildman–Crippen MR) is 69.9 cm³/mol. The molecule has 0 aromatic heterocycles. The lowest BCUT2D eigenvalue weighted by molar-refractivity contribution is 0.0653. The highest BCUT2D eigenvalue weighted by atomic mass is 16.2. The summed E-state index contributed by atoms with van der Waals surface area (Å²) < 4.78 is 0. The van der Waals surface area contributed by atoms with Gasteiger partial charge in [-0.1, -0.05) is 11.6 Å². The van der Waals surface area contributed by atoms with Gasteiger partial charge in [-0.2, -0.15) is 0 Å². The van der Waals surface area contributed by atoms with E-state index in [2.05, 4.69) is 13.8 Å². The van der Waals surface area contributed by atoms with Gasteiger partial charge in [0.05, 0.1) is 5.56 Å². The highest BCUT2D eigenvalue weighted by Gasteiger charge is 2.36. The Hall–Kier alpha value is -1.51. The van der Waals surface area contributed by atoms with Gasteiger partial charge in [-0.05, 0) is 45.7 Å². The Balaban J connectivity index is 2.34. The molecule has 0 saturated carbocycles. The third kappa shape index (κ3) is 2.14. The normalized spacial score (nSPS) is 18.4. The zero-order valence-corrected chi connectivity index (χ0v) is 10.8. The molecule has 17 heavy (non-hydrogen) atoms. The fourth-order valence-corrected chi connectivity index (χ4v) is 2.48. The van der Waals surface area contributed by atoms with Gasteiger partial charge in [-0.15, -0.1) is 0 Å². The Bertz CT molecular complexity index is 452. The number of benzene rings is 1. The summed E-state index contributed by atoms with van der Waals surface area (Å²) in [6, 6.07) is 5.62. The van der Waals surface area contributed by atoms with Crippen LogP contribution in [-0.4, -0.2) is 22.9 Å². The molecule has 0 atom stereocenters. The summed E-state index contributed by atoms with van der Waals surface area (Å²) in [5.74, 6) is 0.0636. The molecular formula is C14H20N2O. The van der Waals surface area contributed by atoms with Crippen LogP contribution in [0.2, 0.25) is 0 Å². The number of nitrogens with zero attached hydrogens (tertiary/aromatic N) is 1. The van der Waals surface area contributed by atoms with Crippen molar-refractivity contribution >= 4 is 11.6 Å². The fourth-order valence-electron chi connectivity index (χ4n) is 2.48. The summed E-state index contributed by atoms with van der Waals surface area (Å²) in [7, 11) is 0. The van der Waals surface area contributed by atoms with Gasteiger partial charge < -0.3 is 10.6 Å². The predicted octanol–water partition coefficient (Wildman–Crippen LogP) is 2.59. The molecule has 0 spiro atoms. The summed E-state index contributed by atoms with van der Waals surface area (Å²) in [6.45, 7) is 7.04. The minimum atomic E-state index is -0.0483. The Morgan fingerprint density at radius 2 is 2.12 bits per heavy atom. The molecule has 1 aromatic rings. The Kier molecular flexibility index (Phi) is 2.86. The van der Waals surface area contributed by atoms with E-state index in [1.54, 1.807) is 0 Å². The Labute approximate surface area is 103 Å². The molecule has 2 rings (SSSR count). The summed E-state index contributed by atoms with van der Waals surface area (Å²) in [5, 5.41) is 0. The zero-order chi connectivity index (χ0) is 12.6. The number of anilines is 1. The van der Waals surface area contributed by atoms with Crippen molar-refractivity contribution in [3.8, 4) is 0 Å². The molecule has 3 heteroatoms. The quantitative estimate of drug-likeness (QED) is 0.756. The molecule has 1 saturated heterocycles. The van der Waals surface area contributed by atoms with E-state index < -0.39 is 0 Å². The number of nitrogens with two attached hydrogens (primary N) is 1. The van der Waals surface area contributed by atoms with E-state index in [4.69, 9.17) is 5.73 Å². The van der Waals surface area contributed by atoms with Gasteiger partial charge >= 0.3 is 0 Å². The molecule has 0 radical (unpaired) electrons. The minimum absolute atomic E-state index is 0.0483. The average molecular weight is 232 g/mol. The van der Waals surface area contributed by atoms with Crippen LogP contribution in [0.1, 0.15) is 42.6 Å². The van der Waals surface area contributed by atoms with Crippen molar-refractivity contribution in [3.63, 3.8) is 0 Å². The summed E-state index contributed by atoms with van der Waals surface area (Å²) in [6.07, 6.45) is 2.13. The van der Waals surface area contributed by atoms with E-state index in [0.29, 0.717) is 11.3 Å². The van der Waals surface area contributed by atoms with Gasteiger partial charge in [0.2, 0.25) is 0 Å². The monoisotopic (exact) mass is 232 g/mol. The van der Waals surface area contributed by atoms with Crippen LogP contribution in [0.25, 0.3) is 0 Å². The number of nitrogen functional groups attached to an aromatic ring is 1. The third-order valence-electron chi connectivity index (χ3n) is 3.59. The second-order valence-electron chi connectivity index (χ2n) is 5.46. The first-order valence-electron chi connectivity index (χ1n) is 6.10. The smallest absolute Gasteiger partial charge is 0.256 e. The number of likely N-dealkylation sites (tertiary alicyclic amines) is 1. The average Bonchev–Trinajstić information content (AvgIpc) is 2.61. The number of rotatable bonds is 1. The van der Waals surface area contributed by atoms with Crippen molar-refractivity contribution in [1.29, 1.82) is 0 Å². The van der Waals surface area contributed by atoms with Crippen molar-refractivity contribution in [3.05, 3.63) is 29.3 Å². The van der Waals surface area contributed by atoms with E-state index in [1.807, 2.05) is 30.0 Å². The van der Waals surface area contributed by atoms with E-state index in [9.17, 15) is 4.79 Å². The zero-order valence-electron chi connectivity index (χ0n) is 10.8. The largest absolute Gasteiger partial charge is 0.398 e. The van der Waals surface area contributed by atoms with Crippen LogP contribution in [0, 0.1) is 6.92 Å². The first kappa shape index (κ1) is 12.0.